The highest BCUT2D eigenvalue weighted by Crippen LogP contribution is 2.24. The highest BCUT2D eigenvalue weighted by atomic mass is 16.5. The molecule has 0 spiro atoms. The van der Waals surface area contributed by atoms with Gasteiger partial charge in [0.25, 0.3) is 0 Å². The Labute approximate surface area is 90.2 Å². The molecule has 0 aromatic heterocycles. The van der Waals surface area contributed by atoms with E-state index in [0.29, 0.717) is 12.1 Å². The Morgan fingerprint density at radius 3 is 2.87 bits per heavy atom. The number of hydrogen-bond acceptors (Lipinski definition) is 3. The molecule has 1 aromatic carbocycles. The summed E-state index contributed by atoms with van der Waals surface area (Å²) in [7, 11) is 3.52. The zero-order valence-corrected chi connectivity index (χ0v) is 9.03. The molecular weight excluding hydrogens is 188 g/mol. The summed E-state index contributed by atoms with van der Waals surface area (Å²) in [5.74, 6) is 0.750. The lowest BCUT2D eigenvalue weighted by Crippen LogP contribution is -2.17. The Morgan fingerprint density at radius 2 is 2.33 bits per heavy atom. The lowest BCUT2D eigenvalue weighted by molar-refractivity contribution is 0.415. The molecule has 78 valence electrons. The Kier molecular flexibility index (Phi) is 3.75. The van der Waals surface area contributed by atoms with Crippen molar-refractivity contribution in [2.45, 2.75) is 0 Å². The second-order valence-electron chi connectivity index (χ2n) is 3.16. The van der Waals surface area contributed by atoms with E-state index in [1.165, 1.54) is 0 Å². The molecule has 1 aromatic rings. The molecule has 0 radical (unpaired) electrons. The molecule has 15 heavy (non-hydrogen) atoms. The van der Waals surface area contributed by atoms with Gasteiger partial charge in [0.15, 0.2) is 0 Å². The van der Waals surface area contributed by atoms with Gasteiger partial charge in [0, 0.05) is 19.7 Å². The van der Waals surface area contributed by atoms with Gasteiger partial charge in [-0.05, 0) is 12.1 Å². The molecule has 0 saturated carbocycles. The third kappa shape index (κ3) is 2.50. The zero-order chi connectivity index (χ0) is 11.3. The molecular formula is C12H14N2O. The minimum absolute atomic E-state index is 0.639. The van der Waals surface area contributed by atoms with E-state index in [1.54, 1.807) is 25.3 Å². The summed E-state index contributed by atoms with van der Waals surface area (Å²) in [6.45, 7) is 4.36. The van der Waals surface area contributed by atoms with Gasteiger partial charge >= 0.3 is 0 Å². The maximum Gasteiger partial charge on any atom is 0.121 e. The molecule has 0 heterocycles. The highest BCUT2D eigenvalue weighted by molar-refractivity contribution is 5.62. The highest BCUT2D eigenvalue weighted by Gasteiger charge is 2.07. The lowest BCUT2D eigenvalue weighted by atomic mass is 10.1. The predicted molar refractivity (Wildman–Crippen MR) is 61.2 cm³/mol. The van der Waals surface area contributed by atoms with Crippen LogP contribution in [0.3, 0.4) is 0 Å². The second-order valence-corrected chi connectivity index (χ2v) is 3.16. The van der Waals surface area contributed by atoms with Crippen molar-refractivity contribution in [2.75, 3.05) is 25.6 Å². The fourth-order valence-electron chi connectivity index (χ4n) is 1.34. The molecule has 0 aliphatic heterocycles. The number of methoxy groups -OCH3 is 1. The molecule has 1 rings (SSSR count). The van der Waals surface area contributed by atoms with Gasteiger partial charge in [-0.15, -0.1) is 6.58 Å². The van der Waals surface area contributed by atoms with Gasteiger partial charge < -0.3 is 9.64 Å². The smallest absolute Gasteiger partial charge is 0.121 e. The molecule has 0 aliphatic carbocycles. The van der Waals surface area contributed by atoms with Gasteiger partial charge in [-0.25, -0.2) is 0 Å². The summed E-state index contributed by atoms with van der Waals surface area (Å²) >= 11 is 0. The van der Waals surface area contributed by atoms with E-state index in [9.17, 15) is 0 Å². The Bertz CT molecular complexity index is 393. The minimum Gasteiger partial charge on any atom is -0.497 e. The van der Waals surface area contributed by atoms with Gasteiger partial charge in [0.1, 0.15) is 11.8 Å². The summed E-state index contributed by atoms with van der Waals surface area (Å²) in [4.78, 5) is 1.95. The Balaban J connectivity index is 3.12. The second kappa shape index (κ2) is 5.06. The van der Waals surface area contributed by atoms with E-state index < -0.39 is 0 Å². The normalized spacial score (nSPS) is 9.13. The first-order chi connectivity index (χ1) is 7.22. The maximum atomic E-state index is 8.96. The molecule has 3 nitrogen and oxygen atoms in total. The van der Waals surface area contributed by atoms with E-state index in [0.717, 1.165) is 11.4 Å². The molecule has 0 saturated heterocycles. The van der Waals surface area contributed by atoms with Crippen LogP contribution in [-0.2, 0) is 0 Å². The van der Waals surface area contributed by atoms with Gasteiger partial charge in [0.05, 0.1) is 18.4 Å². The average molecular weight is 202 g/mol. The number of nitrogens with zero attached hydrogens (tertiary/aromatic N) is 2. The SMILES string of the molecule is C=CCN(C)c1cc(OC)ccc1C#N. The van der Waals surface area contributed by atoms with Crippen molar-refractivity contribution in [1.29, 1.82) is 5.26 Å². The summed E-state index contributed by atoms with van der Waals surface area (Å²) in [6.07, 6.45) is 1.79. The van der Waals surface area contributed by atoms with Crippen molar-refractivity contribution < 1.29 is 4.74 Å². The van der Waals surface area contributed by atoms with Crippen molar-refractivity contribution >= 4 is 5.69 Å². The van der Waals surface area contributed by atoms with Crippen LogP contribution >= 0.6 is 0 Å². The molecule has 0 N–H and O–H groups in total. The van der Waals surface area contributed by atoms with Crippen LogP contribution in [0.4, 0.5) is 5.69 Å². The first kappa shape index (κ1) is 11.1. The molecule has 3 heteroatoms. The number of benzene rings is 1. The topological polar surface area (TPSA) is 36.3 Å². The fraction of sp³-hybridized carbons (Fsp3) is 0.250. The van der Waals surface area contributed by atoms with E-state index in [4.69, 9.17) is 10.00 Å². The van der Waals surface area contributed by atoms with Crippen molar-refractivity contribution in [3.63, 3.8) is 0 Å². The van der Waals surface area contributed by atoms with Crippen LogP contribution < -0.4 is 9.64 Å². The average Bonchev–Trinajstić information content (AvgIpc) is 2.28. The molecule has 0 fully saturated rings. The number of nitriles is 1. The third-order valence-corrected chi connectivity index (χ3v) is 2.14. The maximum absolute atomic E-state index is 8.96. The summed E-state index contributed by atoms with van der Waals surface area (Å²) in [5.41, 5.74) is 1.50. The molecule has 0 bridgehead atoms. The van der Waals surface area contributed by atoms with Crippen molar-refractivity contribution in [3.05, 3.63) is 36.4 Å². The van der Waals surface area contributed by atoms with Gasteiger partial charge in [0.2, 0.25) is 0 Å². The Morgan fingerprint density at radius 1 is 1.60 bits per heavy atom. The van der Waals surface area contributed by atoms with Crippen LogP contribution in [-0.4, -0.2) is 20.7 Å². The quantitative estimate of drug-likeness (QED) is 0.702. The van der Waals surface area contributed by atoms with Crippen LogP contribution in [0.1, 0.15) is 5.56 Å². The first-order valence-corrected chi connectivity index (χ1v) is 4.63. The van der Waals surface area contributed by atoms with Gasteiger partial charge in [-0.3, -0.25) is 0 Å². The van der Waals surface area contributed by atoms with Crippen LogP contribution in [0.2, 0.25) is 0 Å². The van der Waals surface area contributed by atoms with Crippen LogP contribution in [0.15, 0.2) is 30.9 Å². The summed E-state index contributed by atoms with van der Waals surface area (Å²) < 4.78 is 5.12. The third-order valence-electron chi connectivity index (χ3n) is 2.14. The largest absolute Gasteiger partial charge is 0.497 e. The lowest BCUT2D eigenvalue weighted by Gasteiger charge is -2.19. The predicted octanol–water partition coefficient (Wildman–Crippen LogP) is 2.19. The van der Waals surface area contributed by atoms with Crippen LogP contribution in [0.25, 0.3) is 0 Å². The van der Waals surface area contributed by atoms with E-state index in [-0.39, 0.29) is 0 Å². The minimum atomic E-state index is 0.639. The van der Waals surface area contributed by atoms with Crippen LogP contribution in [0, 0.1) is 11.3 Å². The van der Waals surface area contributed by atoms with Crippen LogP contribution in [0.5, 0.6) is 5.75 Å². The molecule has 0 atom stereocenters. The fourth-order valence-corrected chi connectivity index (χ4v) is 1.34. The monoisotopic (exact) mass is 202 g/mol. The van der Waals surface area contributed by atoms with Gasteiger partial charge in [-0.1, -0.05) is 6.08 Å². The number of rotatable bonds is 4. The zero-order valence-electron chi connectivity index (χ0n) is 9.03. The number of ether oxygens (including phenoxy) is 1. The standard InChI is InChI=1S/C12H14N2O/c1-4-7-14(2)12-8-11(15-3)6-5-10(12)9-13/h4-6,8H,1,7H2,2-3H3. The molecule has 0 aliphatic rings. The van der Waals surface area contributed by atoms with Crippen molar-refractivity contribution in [3.8, 4) is 11.8 Å². The van der Waals surface area contributed by atoms with E-state index in [2.05, 4.69) is 12.6 Å². The number of anilines is 1. The number of hydrogen-bond donors (Lipinski definition) is 0. The van der Waals surface area contributed by atoms with Gasteiger partial charge in [-0.2, -0.15) is 5.26 Å². The van der Waals surface area contributed by atoms with E-state index >= 15 is 0 Å². The first-order valence-electron chi connectivity index (χ1n) is 4.63. The molecule has 0 unspecified atom stereocenters. The summed E-state index contributed by atoms with van der Waals surface area (Å²) in [5, 5.41) is 8.96. The van der Waals surface area contributed by atoms with E-state index in [1.807, 2.05) is 18.0 Å². The summed E-state index contributed by atoms with van der Waals surface area (Å²) in [6, 6.07) is 7.54. The molecule has 0 amide bonds. The Hall–Kier alpha value is -1.95. The number of likely N-dealkylation sites (N-methyl/N-ethyl adjacent to an activating group) is 1. The van der Waals surface area contributed by atoms with Crippen molar-refractivity contribution in [2.24, 2.45) is 0 Å². The van der Waals surface area contributed by atoms with Crippen molar-refractivity contribution in [1.82, 2.24) is 0 Å².